The number of aromatic nitrogens is 2. The molecule has 18 heavy (non-hydrogen) atoms. The molecular weight excluding hydrogens is 252 g/mol. The van der Waals surface area contributed by atoms with E-state index >= 15 is 0 Å². The number of imidazole rings is 1. The van der Waals surface area contributed by atoms with Crippen molar-refractivity contribution in [3.63, 3.8) is 0 Å². The van der Waals surface area contributed by atoms with Gasteiger partial charge in [-0.05, 0) is 24.6 Å². The average molecular weight is 268 g/mol. The van der Waals surface area contributed by atoms with Crippen LogP contribution in [0.1, 0.15) is 12.2 Å². The first-order valence-electron chi connectivity index (χ1n) is 5.68. The predicted octanol–water partition coefficient (Wildman–Crippen LogP) is 1.55. The normalized spacial score (nSPS) is 12.1. The van der Waals surface area contributed by atoms with Crippen LogP contribution in [0.3, 0.4) is 0 Å². The number of benzene rings is 1. The average Bonchev–Trinajstić information content (AvgIpc) is 2.69. The summed E-state index contributed by atoms with van der Waals surface area (Å²) < 4.78 is 27.9. The highest BCUT2D eigenvalue weighted by Gasteiger charge is 2.09. The van der Waals surface area contributed by atoms with Crippen molar-refractivity contribution in [3.8, 4) is 0 Å². The van der Waals surface area contributed by atoms with Gasteiger partial charge in [0.2, 0.25) is 0 Å². The molecule has 0 aliphatic rings. The topological polar surface area (TPSA) is 72.0 Å². The van der Waals surface area contributed by atoms with Crippen molar-refractivity contribution in [2.45, 2.75) is 17.7 Å². The third-order valence-corrected chi connectivity index (χ3v) is 3.80. The van der Waals surface area contributed by atoms with Crippen LogP contribution in [0.5, 0.6) is 0 Å². The molecule has 0 saturated heterocycles. The number of fused-ring (bicyclic) bond motifs is 1. The van der Waals surface area contributed by atoms with E-state index in [0.717, 1.165) is 29.7 Å². The molecule has 0 aliphatic heterocycles. The molecule has 0 atom stereocenters. The first-order valence-corrected chi connectivity index (χ1v) is 7.57. The fraction of sp³-hybridized carbons (Fsp3) is 0.417. The number of ether oxygens (including phenoxy) is 1. The monoisotopic (exact) mass is 268 g/mol. The van der Waals surface area contributed by atoms with Gasteiger partial charge in [0, 0.05) is 26.4 Å². The van der Waals surface area contributed by atoms with E-state index in [4.69, 9.17) is 4.74 Å². The summed E-state index contributed by atoms with van der Waals surface area (Å²) in [5.41, 5.74) is 1.54. The van der Waals surface area contributed by atoms with Crippen molar-refractivity contribution in [2.24, 2.45) is 0 Å². The summed E-state index contributed by atoms with van der Waals surface area (Å²) in [4.78, 5) is 7.85. The highest BCUT2D eigenvalue weighted by molar-refractivity contribution is 7.90. The highest BCUT2D eigenvalue weighted by atomic mass is 32.2. The van der Waals surface area contributed by atoms with Crippen molar-refractivity contribution in [3.05, 3.63) is 24.0 Å². The maximum absolute atomic E-state index is 11.4. The van der Waals surface area contributed by atoms with Crippen LogP contribution in [0.2, 0.25) is 0 Å². The lowest BCUT2D eigenvalue weighted by Gasteiger charge is -1.96. The SMILES string of the molecule is COCCCc1nc2ccc(S(C)(=O)=O)cc2[nH]1. The summed E-state index contributed by atoms with van der Waals surface area (Å²) in [6.45, 7) is 0.686. The minimum absolute atomic E-state index is 0.307. The second kappa shape index (κ2) is 5.07. The summed E-state index contributed by atoms with van der Waals surface area (Å²) in [6.07, 6.45) is 2.87. The zero-order valence-corrected chi connectivity index (χ0v) is 11.3. The van der Waals surface area contributed by atoms with Crippen LogP contribution in [0, 0.1) is 0 Å². The summed E-state index contributed by atoms with van der Waals surface area (Å²) in [5.74, 6) is 0.854. The van der Waals surface area contributed by atoms with Gasteiger partial charge in [-0.3, -0.25) is 0 Å². The Bertz CT molecular complexity index is 646. The third kappa shape index (κ3) is 2.88. The highest BCUT2D eigenvalue weighted by Crippen LogP contribution is 2.17. The smallest absolute Gasteiger partial charge is 0.175 e. The lowest BCUT2D eigenvalue weighted by Crippen LogP contribution is -1.96. The number of rotatable bonds is 5. The molecular formula is C12H16N2O3S. The molecule has 0 fully saturated rings. The Labute approximate surface area is 106 Å². The van der Waals surface area contributed by atoms with Gasteiger partial charge in [0.05, 0.1) is 15.9 Å². The largest absolute Gasteiger partial charge is 0.385 e. The molecule has 0 bridgehead atoms. The van der Waals surface area contributed by atoms with E-state index in [9.17, 15) is 8.42 Å². The molecule has 1 heterocycles. The molecule has 0 amide bonds. The fourth-order valence-corrected chi connectivity index (χ4v) is 2.42. The van der Waals surface area contributed by atoms with E-state index in [1.165, 1.54) is 6.26 Å². The molecule has 98 valence electrons. The summed E-state index contributed by atoms with van der Waals surface area (Å²) >= 11 is 0. The Kier molecular flexibility index (Phi) is 3.68. The number of hydrogen-bond acceptors (Lipinski definition) is 4. The van der Waals surface area contributed by atoms with Crippen molar-refractivity contribution < 1.29 is 13.2 Å². The Morgan fingerprint density at radius 1 is 1.39 bits per heavy atom. The maximum Gasteiger partial charge on any atom is 0.175 e. The Morgan fingerprint density at radius 3 is 2.83 bits per heavy atom. The van der Waals surface area contributed by atoms with Gasteiger partial charge < -0.3 is 9.72 Å². The summed E-state index contributed by atoms with van der Waals surface area (Å²) in [5, 5.41) is 0. The van der Waals surface area contributed by atoms with Gasteiger partial charge in [0.1, 0.15) is 5.82 Å². The van der Waals surface area contributed by atoms with Gasteiger partial charge in [-0.15, -0.1) is 0 Å². The van der Waals surface area contributed by atoms with E-state index in [2.05, 4.69) is 9.97 Å². The number of H-pyrrole nitrogens is 1. The van der Waals surface area contributed by atoms with Crippen molar-refractivity contribution in [1.29, 1.82) is 0 Å². The van der Waals surface area contributed by atoms with Crippen LogP contribution in [0.4, 0.5) is 0 Å². The van der Waals surface area contributed by atoms with Crippen molar-refractivity contribution in [1.82, 2.24) is 9.97 Å². The predicted molar refractivity (Wildman–Crippen MR) is 69.4 cm³/mol. The second-order valence-electron chi connectivity index (χ2n) is 4.23. The van der Waals surface area contributed by atoms with Crippen LogP contribution >= 0.6 is 0 Å². The zero-order chi connectivity index (χ0) is 13.2. The van der Waals surface area contributed by atoms with Gasteiger partial charge >= 0.3 is 0 Å². The molecule has 2 aromatic rings. The van der Waals surface area contributed by atoms with E-state index in [0.29, 0.717) is 11.5 Å². The lowest BCUT2D eigenvalue weighted by molar-refractivity contribution is 0.194. The van der Waals surface area contributed by atoms with E-state index in [-0.39, 0.29) is 0 Å². The Balaban J connectivity index is 2.28. The number of aromatic amines is 1. The molecule has 0 unspecified atom stereocenters. The molecule has 1 aromatic heterocycles. The first kappa shape index (κ1) is 13.0. The summed E-state index contributed by atoms with van der Waals surface area (Å²) in [6, 6.07) is 4.93. The molecule has 0 spiro atoms. The second-order valence-corrected chi connectivity index (χ2v) is 6.25. The van der Waals surface area contributed by atoms with Gasteiger partial charge in [-0.1, -0.05) is 0 Å². The number of nitrogens with zero attached hydrogens (tertiary/aromatic N) is 1. The van der Waals surface area contributed by atoms with Crippen LogP contribution in [-0.2, 0) is 21.0 Å². The zero-order valence-electron chi connectivity index (χ0n) is 10.4. The third-order valence-electron chi connectivity index (χ3n) is 2.69. The van der Waals surface area contributed by atoms with Crippen LogP contribution < -0.4 is 0 Å². The van der Waals surface area contributed by atoms with Crippen LogP contribution in [-0.4, -0.2) is 38.4 Å². The molecule has 0 radical (unpaired) electrons. The number of aryl methyl sites for hydroxylation is 1. The van der Waals surface area contributed by atoms with Gasteiger partial charge in [0.15, 0.2) is 9.84 Å². The number of methoxy groups -OCH3 is 1. The van der Waals surface area contributed by atoms with Crippen molar-refractivity contribution in [2.75, 3.05) is 20.0 Å². The van der Waals surface area contributed by atoms with Crippen molar-refractivity contribution >= 4 is 20.9 Å². The van der Waals surface area contributed by atoms with Gasteiger partial charge in [-0.2, -0.15) is 0 Å². The van der Waals surface area contributed by atoms with E-state index < -0.39 is 9.84 Å². The van der Waals surface area contributed by atoms with E-state index in [1.54, 1.807) is 25.3 Å². The number of hydrogen-bond donors (Lipinski definition) is 1. The minimum atomic E-state index is -3.17. The molecule has 1 N–H and O–H groups in total. The molecule has 6 heteroatoms. The van der Waals surface area contributed by atoms with Crippen LogP contribution in [0.25, 0.3) is 11.0 Å². The summed E-state index contributed by atoms with van der Waals surface area (Å²) in [7, 11) is -1.51. The van der Waals surface area contributed by atoms with E-state index in [1.807, 2.05) is 0 Å². The first-order chi connectivity index (χ1) is 8.50. The standard InChI is InChI=1S/C12H16N2O3S/c1-17-7-3-4-12-13-10-6-5-9(18(2,15)16)8-11(10)14-12/h5-6,8H,3-4,7H2,1-2H3,(H,13,14). The fourth-order valence-electron chi connectivity index (χ4n) is 1.77. The Hall–Kier alpha value is -1.40. The molecule has 5 nitrogen and oxygen atoms in total. The molecule has 1 aromatic carbocycles. The lowest BCUT2D eigenvalue weighted by atomic mass is 10.3. The minimum Gasteiger partial charge on any atom is -0.385 e. The molecule has 2 rings (SSSR count). The number of nitrogens with one attached hydrogen (secondary N) is 1. The number of sulfone groups is 1. The van der Waals surface area contributed by atoms with Crippen LogP contribution in [0.15, 0.2) is 23.1 Å². The molecule has 0 saturated carbocycles. The van der Waals surface area contributed by atoms with Gasteiger partial charge in [-0.25, -0.2) is 13.4 Å². The maximum atomic E-state index is 11.4. The Morgan fingerprint density at radius 2 is 2.17 bits per heavy atom. The molecule has 0 aliphatic carbocycles. The van der Waals surface area contributed by atoms with Gasteiger partial charge in [0.25, 0.3) is 0 Å². The quantitative estimate of drug-likeness (QED) is 0.835.